The predicted molar refractivity (Wildman–Crippen MR) is 139 cm³/mol. The number of hydrogen-bond donors (Lipinski definition) is 2. The first-order valence-corrected chi connectivity index (χ1v) is 11.6. The molecule has 5 aromatic rings. The zero-order chi connectivity index (χ0) is 24.9. The molecule has 1 atom stereocenters. The monoisotopic (exact) mass is 468 g/mol. The molecule has 0 bridgehead atoms. The molecule has 2 aromatic heterocycles. The number of aryl methyl sites for hydroxylation is 3. The zero-order valence-electron chi connectivity index (χ0n) is 20.0. The molecule has 0 amide bonds. The third-order valence-corrected chi connectivity index (χ3v) is 6.69. The number of nitrogens with zero attached hydrogens (tertiary/aromatic N) is 3. The Bertz CT molecular complexity index is 1640. The van der Waals surface area contributed by atoms with Crippen molar-refractivity contribution in [2.24, 2.45) is 7.05 Å². The van der Waals surface area contributed by atoms with Crippen molar-refractivity contribution >= 4 is 33.6 Å². The molecule has 3 N–H and O–H groups in total. The maximum Gasteiger partial charge on any atom is 0.330 e. The average Bonchev–Trinajstić information content (AvgIpc) is 3.26. The number of aliphatic carboxylic acids is 1. The second-order valence-electron chi connectivity index (χ2n) is 9.27. The summed E-state index contributed by atoms with van der Waals surface area (Å²) in [7, 11) is 2.00. The number of carboxylic acids is 1. The summed E-state index contributed by atoms with van der Waals surface area (Å²) < 4.78 is 5.11. The molecule has 0 spiro atoms. The highest BCUT2D eigenvalue weighted by Gasteiger charge is 2.27. The van der Waals surface area contributed by atoms with Crippen LogP contribution in [0, 0.1) is 13.8 Å². The van der Waals surface area contributed by atoms with Crippen LogP contribution in [0.3, 0.4) is 0 Å². The number of nitrogen functional groups attached to an aromatic ring is 1. The molecule has 0 aliphatic heterocycles. The van der Waals surface area contributed by atoms with Gasteiger partial charge in [0.15, 0.2) is 0 Å². The number of nitrogens with two attached hydrogens (primary N) is 1. The molecule has 3 aromatic carbocycles. The molecule has 7 heteroatoms. The lowest BCUT2D eigenvalue weighted by Crippen LogP contribution is -2.32. The van der Waals surface area contributed by atoms with E-state index in [1.54, 1.807) is 22.8 Å². The fourth-order valence-corrected chi connectivity index (χ4v) is 5.18. The van der Waals surface area contributed by atoms with E-state index in [0.29, 0.717) is 23.3 Å². The lowest BCUT2D eigenvalue weighted by Gasteiger charge is -2.14. The minimum absolute atomic E-state index is 0.191. The van der Waals surface area contributed by atoms with E-state index in [2.05, 4.69) is 30.5 Å². The molecule has 5 rings (SSSR count). The summed E-state index contributed by atoms with van der Waals surface area (Å²) in [6, 6.07) is 17.8. The normalized spacial score (nSPS) is 12.4. The van der Waals surface area contributed by atoms with Crippen LogP contribution in [-0.4, -0.2) is 24.8 Å². The Hall–Kier alpha value is -4.26. The van der Waals surface area contributed by atoms with Gasteiger partial charge in [-0.2, -0.15) is 0 Å². The SMILES string of the molecule is Cc1cc(C)c2c(Cn3c(=O)n([C@@H](Cc4ccccc4)C(=O)O)c4cc(N)ccc43)cn(C)c2c1. The van der Waals surface area contributed by atoms with Gasteiger partial charge in [0.25, 0.3) is 0 Å². The van der Waals surface area contributed by atoms with Crippen LogP contribution in [0.2, 0.25) is 0 Å². The molecule has 0 saturated heterocycles. The molecule has 0 saturated carbocycles. The quantitative estimate of drug-likeness (QED) is 0.361. The van der Waals surface area contributed by atoms with Crippen molar-refractivity contribution in [2.45, 2.75) is 32.9 Å². The zero-order valence-corrected chi connectivity index (χ0v) is 20.0. The van der Waals surface area contributed by atoms with E-state index in [-0.39, 0.29) is 12.1 Å². The minimum atomic E-state index is -1.06. The Morgan fingerprint density at radius 1 is 1.00 bits per heavy atom. The van der Waals surface area contributed by atoms with Crippen molar-refractivity contribution in [1.82, 2.24) is 13.7 Å². The number of aromatic nitrogens is 3. The van der Waals surface area contributed by atoms with Crippen LogP contribution in [0.25, 0.3) is 21.9 Å². The Morgan fingerprint density at radius 3 is 2.46 bits per heavy atom. The van der Waals surface area contributed by atoms with Crippen molar-refractivity contribution in [2.75, 3.05) is 5.73 Å². The van der Waals surface area contributed by atoms with Gasteiger partial charge in [-0.3, -0.25) is 9.13 Å². The van der Waals surface area contributed by atoms with Crippen molar-refractivity contribution in [1.29, 1.82) is 0 Å². The van der Waals surface area contributed by atoms with Crippen LogP contribution in [-0.2, 0) is 24.8 Å². The summed E-state index contributed by atoms with van der Waals surface area (Å²) in [4.78, 5) is 26.2. The highest BCUT2D eigenvalue weighted by atomic mass is 16.4. The Kier molecular flexibility index (Phi) is 5.47. The van der Waals surface area contributed by atoms with Gasteiger partial charge in [0.1, 0.15) is 6.04 Å². The fraction of sp³-hybridized carbons (Fsp3) is 0.214. The van der Waals surface area contributed by atoms with Crippen LogP contribution < -0.4 is 11.4 Å². The van der Waals surface area contributed by atoms with Gasteiger partial charge in [0.05, 0.1) is 17.6 Å². The van der Waals surface area contributed by atoms with Gasteiger partial charge in [-0.05, 0) is 60.4 Å². The van der Waals surface area contributed by atoms with E-state index in [1.807, 2.05) is 43.6 Å². The van der Waals surface area contributed by atoms with E-state index in [9.17, 15) is 14.7 Å². The molecule has 0 aliphatic carbocycles. The number of rotatable bonds is 6. The number of carbonyl (C=O) groups is 1. The first kappa shape index (κ1) is 22.5. The van der Waals surface area contributed by atoms with Gasteiger partial charge in [-0.1, -0.05) is 36.4 Å². The van der Waals surface area contributed by atoms with Crippen LogP contribution in [0.1, 0.15) is 28.3 Å². The molecule has 0 fully saturated rings. The largest absolute Gasteiger partial charge is 0.480 e. The summed E-state index contributed by atoms with van der Waals surface area (Å²) >= 11 is 0. The molecule has 0 unspecified atom stereocenters. The van der Waals surface area contributed by atoms with Gasteiger partial charge in [-0.25, -0.2) is 9.59 Å². The van der Waals surface area contributed by atoms with E-state index in [0.717, 1.165) is 27.6 Å². The number of hydrogen-bond acceptors (Lipinski definition) is 3. The number of fused-ring (bicyclic) bond motifs is 2. The summed E-state index contributed by atoms with van der Waals surface area (Å²) in [6.45, 7) is 4.47. The lowest BCUT2D eigenvalue weighted by atomic mass is 10.0. The second-order valence-corrected chi connectivity index (χ2v) is 9.27. The van der Waals surface area contributed by atoms with Crippen LogP contribution in [0.5, 0.6) is 0 Å². The van der Waals surface area contributed by atoms with Crippen molar-refractivity contribution in [3.05, 3.63) is 99.6 Å². The van der Waals surface area contributed by atoms with Gasteiger partial charge < -0.3 is 15.4 Å². The van der Waals surface area contributed by atoms with Crippen LogP contribution in [0.4, 0.5) is 5.69 Å². The fourth-order valence-electron chi connectivity index (χ4n) is 5.18. The van der Waals surface area contributed by atoms with E-state index < -0.39 is 12.0 Å². The van der Waals surface area contributed by atoms with Crippen molar-refractivity contribution in [3.63, 3.8) is 0 Å². The highest BCUT2D eigenvalue weighted by Crippen LogP contribution is 2.28. The molecular formula is C28H28N4O3. The molecule has 2 heterocycles. The smallest absolute Gasteiger partial charge is 0.330 e. The molecule has 178 valence electrons. The predicted octanol–water partition coefficient (Wildman–Crippen LogP) is 4.41. The van der Waals surface area contributed by atoms with Gasteiger partial charge in [0, 0.05) is 36.3 Å². The third kappa shape index (κ3) is 3.89. The first-order valence-electron chi connectivity index (χ1n) is 11.6. The Balaban J connectivity index is 1.70. The van der Waals surface area contributed by atoms with Crippen LogP contribution in [0.15, 0.2) is 71.7 Å². The molecule has 7 nitrogen and oxygen atoms in total. The molecule has 0 aliphatic rings. The Morgan fingerprint density at radius 2 is 1.74 bits per heavy atom. The number of imidazole rings is 1. The number of anilines is 1. The molecule has 0 radical (unpaired) electrons. The summed E-state index contributed by atoms with van der Waals surface area (Å²) in [6.07, 6.45) is 2.24. The van der Waals surface area contributed by atoms with E-state index in [1.165, 1.54) is 10.1 Å². The Labute approximate surface area is 202 Å². The van der Waals surface area contributed by atoms with Gasteiger partial charge in [-0.15, -0.1) is 0 Å². The molecule has 35 heavy (non-hydrogen) atoms. The summed E-state index contributed by atoms with van der Waals surface area (Å²) in [5.41, 5.74) is 12.6. The number of benzene rings is 3. The molecular weight excluding hydrogens is 440 g/mol. The maximum absolute atomic E-state index is 13.8. The van der Waals surface area contributed by atoms with E-state index in [4.69, 9.17) is 5.73 Å². The first-order chi connectivity index (χ1) is 16.7. The van der Waals surface area contributed by atoms with Gasteiger partial charge >= 0.3 is 11.7 Å². The van der Waals surface area contributed by atoms with Gasteiger partial charge in [0.2, 0.25) is 0 Å². The summed E-state index contributed by atoms with van der Waals surface area (Å²) in [5, 5.41) is 11.3. The minimum Gasteiger partial charge on any atom is -0.480 e. The average molecular weight is 469 g/mol. The second kappa shape index (κ2) is 8.51. The maximum atomic E-state index is 13.8. The third-order valence-electron chi connectivity index (χ3n) is 6.69. The van der Waals surface area contributed by atoms with E-state index >= 15 is 0 Å². The van der Waals surface area contributed by atoms with Crippen molar-refractivity contribution in [3.8, 4) is 0 Å². The lowest BCUT2D eigenvalue weighted by molar-refractivity contribution is -0.140. The topological polar surface area (TPSA) is 95.2 Å². The highest BCUT2D eigenvalue weighted by molar-refractivity contribution is 5.88. The summed E-state index contributed by atoms with van der Waals surface area (Å²) in [5.74, 6) is -1.06. The standard InChI is InChI=1S/C28H28N4O3/c1-17-11-18(2)26-20(15-30(3)24(26)12-17)16-31-22-10-9-21(29)14-23(22)32(28(31)35)25(27(33)34)13-19-7-5-4-6-8-19/h4-12,14-15,25H,13,16,29H2,1-3H3,(H,33,34)/t25-/m0/s1. The van der Waals surface area contributed by atoms with Crippen LogP contribution >= 0.6 is 0 Å². The van der Waals surface area contributed by atoms with Crippen molar-refractivity contribution < 1.29 is 9.90 Å². The number of carboxylic acid groups (broad SMARTS) is 1.